The van der Waals surface area contributed by atoms with Crippen molar-refractivity contribution in [2.24, 2.45) is 0 Å². The van der Waals surface area contributed by atoms with E-state index in [1.807, 2.05) is 0 Å². The first-order valence-corrected chi connectivity index (χ1v) is 6.11. The van der Waals surface area contributed by atoms with E-state index in [4.69, 9.17) is 19.6 Å². The zero-order chi connectivity index (χ0) is 14.7. The molecule has 1 aromatic heterocycles. The quantitative estimate of drug-likeness (QED) is 0.679. The lowest BCUT2D eigenvalue weighted by Gasteiger charge is -2.07. The molecule has 106 valence electrons. The molecule has 20 heavy (non-hydrogen) atoms. The Bertz CT molecular complexity index is 644. The monoisotopic (exact) mass is 277 g/mol. The minimum Gasteiger partial charge on any atom is -0.460 e. The van der Waals surface area contributed by atoms with E-state index in [9.17, 15) is 9.59 Å². The molecule has 0 aliphatic rings. The van der Waals surface area contributed by atoms with Gasteiger partial charge in [0.15, 0.2) is 6.61 Å². The normalized spacial score (nSPS) is 10.8. The summed E-state index contributed by atoms with van der Waals surface area (Å²) in [6, 6.07) is 6.53. The number of nitrogens with two attached hydrogens (primary N) is 1. The van der Waals surface area contributed by atoms with Crippen LogP contribution >= 0.6 is 0 Å². The Kier molecular flexibility index (Phi) is 3.93. The van der Waals surface area contributed by atoms with E-state index in [-0.39, 0.29) is 11.9 Å². The van der Waals surface area contributed by atoms with Gasteiger partial charge in [-0.1, -0.05) is 0 Å². The maximum Gasteiger partial charge on any atom is 0.374 e. The van der Waals surface area contributed by atoms with Gasteiger partial charge in [0, 0.05) is 11.1 Å². The zero-order valence-corrected chi connectivity index (χ0v) is 11.2. The van der Waals surface area contributed by atoms with Crippen molar-refractivity contribution in [1.82, 2.24) is 0 Å². The Hall–Kier alpha value is -2.50. The number of anilines is 1. The molecule has 0 atom stereocenters. The second-order valence-electron chi connectivity index (χ2n) is 4.52. The third-order valence-corrected chi connectivity index (χ3v) is 2.43. The van der Waals surface area contributed by atoms with Gasteiger partial charge in [-0.2, -0.15) is 0 Å². The second kappa shape index (κ2) is 5.64. The lowest BCUT2D eigenvalue weighted by atomic mass is 10.2. The van der Waals surface area contributed by atoms with Crippen molar-refractivity contribution in [3.8, 4) is 0 Å². The second-order valence-corrected chi connectivity index (χ2v) is 4.52. The largest absolute Gasteiger partial charge is 0.460 e. The third-order valence-electron chi connectivity index (χ3n) is 2.43. The number of ether oxygens (including phenoxy) is 2. The number of nitrogen functional groups attached to an aromatic ring is 1. The molecule has 1 aromatic carbocycles. The number of benzene rings is 1. The summed E-state index contributed by atoms with van der Waals surface area (Å²) in [7, 11) is 0. The molecule has 2 rings (SSSR count). The SMILES string of the molecule is CC(C)OC(=O)COC(=O)c1cc2cc(N)ccc2o1. The topological polar surface area (TPSA) is 91.8 Å². The Morgan fingerprint density at radius 1 is 1.30 bits per heavy atom. The van der Waals surface area contributed by atoms with Gasteiger partial charge in [0.2, 0.25) is 5.76 Å². The van der Waals surface area contributed by atoms with E-state index in [2.05, 4.69) is 0 Å². The minimum atomic E-state index is -0.722. The van der Waals surface area contributed by atoms with Crippen molar-refractivity contribution in [1.29, 1.82) is 0 Å². The van der Waals surface area contributed by atoms with Crippen LogP contribution in [0.1, 0.15) is 24.4 Å². The van der Waals surface area contributed by atoms with Gasteiger partial charge in [0.25, 0.3) is 0 Å². The molecule has 2 N–H and O–H groups in total. The zero-order valence-electron chi connectivity index (χ0n) is 11.2. The Morgan fingerprint density at radius 3 is 2.75 bits per heavy atom. The lowest BCUT2D eigenvalue weighted by molar-refractivity contribution is -0.151. The van der Waals surface area contributed by atoms with Crippen molar-refractivity contribution in [2.75, 3.05) is 12.3 Å². The van der Waals surface area contributed by atoms with E-state index in [1.165, 1.54) is 6.07 Å². The fourth-order valence-corrected chi connectivity index (χ4v) is 1.65. The predicted octanol–water partition coefficient (Wildman–Crippen LogP) is 2.12. The standard InChI is InChI=1S/C14H15NO5/c1-8(2)19-13(16)7-18-14(17)12-6-9-5-10(15)3-4-11(9)20-12/h3-6,8H,7,15H2,1-2H3. The van der Waals surface area contributed by atoms with Gasteiger partial charge in [-0.25, -0.2) is 9.59 Å². The van der Waals surface area contributed by atoms with Gasteiger partial charge in [-0.3, -0.25) is 0 Å². The fraction of sp³-hybridized carbons (Fsp3) is 0.286. The summed E-state index contributed by atoms with van der Waals surface area (Å²) in [6.45, 7) is 2.98. The first-order valence-electron chi connectivity index (χ1n) is 6.11. The van der Waals surface area contributed by atoms with Crippen LogP contribution in [0.2, 0.25) is 0 Å². The van der Waals surface area contributed by atoms with E-state index >= 15 is 0 Å². The van der Waals surface area contributed by atoms with Crippen LogP contribution in [0.25, 0.3) is 11.0 Å². The molecule has 0 amide bonds. The summed E-state index contributed by atoms with van der Waals surface area (Å²) in [6.07, 6.45) is -0.254. The molecule has 2 aromatic rings. The maximum atomic E-state index is 11.7. The van der Waals surface area contributed by atoms with Gasteiger partial charge in [0.1, 0.15) is 5.58 Å². The Balaban J connectivity index is 2.02. The summed E-state index contributed by atoms with van der Waals surface area (Å²) in [4.78, 5) is 23.0. The summed E-state index contributed by atoms with van der Waals surface area (Å²) in [5.74, 6) is -1.31. The average molecular weight is 277 g/mol. The first-order chi connectivity index (χ1) is 9.45. The van der Waals surface area contributed by atoms with Crippen LogP contribution < -0.4 is 5.73 Å². The molecule has 0 saturated carbocycles. The molecule has 0 radical (unpaired) electrons. The van der Waals surface area contributed by atoms with Crippen molar-refractivity contribution < 1.29 is 23.5 Å². The van der Waals surface area contributed by atoms with Crippen molar-refractivity contribution in [3.63, 3.8) is 0 Å². The molecular formula is C14H15NO5. The molecule has 1 heterocycles. The number of fused-ring (bicyclic) bond motifs is 1. The summed E-state index contributed by atoms with van der Waals surface area (Å²) in [5, 5.41) is 0.696. The molecule has 0 fully saturated rings. The number of hydrogen-bond donors (Lipinski definition) is 1. The van der Waals surface area contributed by atoms with Gasteiger partial charge >= 0.3 is 11.9 Å². The number of esters is 2. The van der Waals surface area contributed by atoms with Gasteiger partial charge < -0.3 is 19.6 Å². The van der Waals surface area contributed by atoms with E-state index in [1.54, 1.807) is 32.0 Å². The Labute approximate surface area is 115 Å². The van der Waals surface area contributed by atoms with E-state index in [0.717, 1.165) is 0 Å². The van der Waals surface area contributed by atoms with Gasteiger partial charge in [-0.05, 0) is 38.1 Å². The number of furan rings is 1. The van der Waals surface area contributed by atoms with Crippen LogP contribution in [-0.4, -0.2) is 24.6 Å². The van der Waals surface area contributed by atoms with Gasteiger partial charge in [0.05, 0.1) is 6.10 Å². The molecular weight excluding hydrogens is 262 g/mol. The number of rotatable bonds is 4. The molecule has 0 aliphatic heterocycles. The fourth-order valence-electron chi connectivity index (χ4n) is 1.65. The van der Waals surface area contributed by atoms with Crippen LogP contribution in [0.15, 0.2) is 28.7 Å². The highest BCUT2D eigenvalue weighted by atomic mass is 16.6. The van der Waals surface area contributed by atoms with Crippen molar-refractivity contribution in [2.45, 2.75) is 20.0 Å². The first kappa shape index (κ1) is 13.9. The molecule has 0 bridgehead atoms. The predicted molar refractivity (Wildman–Crippen MR) is 72.1 cm³/mol. The van der Waals surface area contributed by atoms with E-state index < -0.39 is 18.5 Å². The molecule has 0 saturated heterocycles. The Morgan fingerprint density at radius 2 is 2.05 bits per heavy atom. The number of carbonyl (C=O) groups excluding carboxylic acids is 2. The molecule has 0 spiro atoms. The highest BCUT2D eigenvalue weighted by Crippen LogP contribution is 2.22. The molecule has 0 unspecified atom stereocenters. The maximum absolute atomic E-state index is 11.7. The van der Waals surface area contributed by atoms with Crippen LogP contribution in [0.5, 0.6) is 0 Å². The highest BCUT2D eigenvalue weighted by molar-refractivity contribution is 5.94. The number of carbonyl (C=O) groups is 2. The molecule has 6 heteroatoms. The summed E-state index contributed by atoms with van der Waals surface area (Å²) < 4.78 is 15.0. The van der Waals surface area contributed by atoms with E-state index in [0.29, 0.717) is 16.7 Å². The smallest absolute Gasteiger partial charge is 0.374 e. The molecule has 6 nitrogen and oxygen atoms in total. The minimum absolute atomic E-state index is 0.0166. The number of hydrogen-bond acceptors (Lipinski definition) is 6. The van der Waals surface area contributed by atoms with Crippen LogP contribution in [0.3, 0.4) is 0 Å². The summed E-state index contributed by atoms with van der Waals surface area (Å²) >= 11 is 0. The van der Waals surface area contributed by atoms with Crippen molar-refractivity contribution in [3.05, 3.63) is 30.0 Å². The highest BCUT2D eigenvalue weighted by Gasteiger charge is 2.16. The third kappa shape index (κ3) is 3.28. The van der Waals surface area contributed by atoms with Crippen LogP contribution in [0, 0.1) is 0 Å². The lowest BCUT2D eigenvalue weighted by Crippen LogP contribution is -2.19. The van der Waals surface area contributed by atoms with Crippen LogP contribution in [0.4, 0.5) is 5.69 Å². The average Bonchev–Trinajstić information content (AvgIpc) is 2.78. The van der Waals surface area contributed by atoms with Crippen molar-refractivity contribution >= 4 is 28.6 Å². The van der Waals surface area contributed by atoms with Gasteiger partial charge in [-0.15, -0.1) is 0 Å². The molecule has 0 aliphatic carbocycles. The summed E-state index contributed by atoms with van der Waals surface area (Å²) in [5.41, 5.74) is 6.73. The van der Waals surface area contributed by atoms with Crippen LogP contribution in [-0.2, 0) is 14.3 Å².